The van der Waals surface area contributed by atoms with Gasteiger partial charge in [0.2, 0.25) is 0 Å². The number of hydrogen-bond acceptors (Lipinski definition) is 3. The Morgan fingerprint density at radius 1 is 1.04 bits per heavy atom. The molecule has 4 nitrogen and oxygen atoms in total. The van der Waals surface area contributed by atoms with Gasteiger partial charge in [0.05, 0.1) is 5.56 Å². The minimum absolute atomic E-state index is 0.0442. The average molecular weight is 518 g/mol. The van der Waals surface area contributed by atoms with Gasteiger partial charge in [-0.1, -0.05) is 35.3 Å². The first-order valence-corrected chi connectivity index (χ1v) is 9.95. The van der Waals surface area contributed by atoms with E-state index in [4.69, 9.17) is 23.2 Å². The molecule has 0 spiro atoms. The van der Waals surface area contributed by atoms with Gasteiger partial charge in [-0.3, -0.25) is 4.79 Å². The Balaban J connectivity index is 1.98. The summed E-state index contributed by atoms with van der Waals surface area (Å²) in [5, 5.41) is 15.3. The highest BCUT2D eigenvalue weighted by Gasteiger charge is 2.22. The van der Waals surface area contributed by atoms with E-state index >= 15 is 0 Å². The fourth-order valence-electron chi connectivity index (χ4n) is 2.35. The van der Waals surface area contributed by atoms with Gasteiger partial charge in [-0.05, 0) is 58.5 Å². The standard InChI is InChI=1S/C18H10Cl2INO3S/c19-10-3-1-9(2-4-10)13-8-26-17(15(13)18(24)25)22-16(23)12-7-11(20)5-6-14(12)21/h1-8H,(H,22,23)(H,24,25). The SMILES string of the molecule is O=C(Nc1scc(-c2ccc(Cl)cc2)c1C(=O)O)c1cc(Cl)ccc1I. The van der Waals surface area contributed by atoms with Crippen LogP contribution in [0.4, 0.5) is 5.00 Å². The van der Waals surface area contributed by atoms with Crippen LogP contribution in [0, 0.1) is 3.57 Å². The molecule has 0 unspecified atom stereocenters. The fourth-order valence-corrected chi connectivity index (χ4v) is 4.18. The molecule has 3 aromatic rings. The molecule has 0 aliphatic rings. The highest BCUT2D eigenvalue weighted by Crippen LogP contribution is 2.36. The Kier molecular flexibility index (Phi) is 5.86. The van der Waals surface area contributed by atoms with Gasteiger partial charge in [-0.15, -0.1) is 11.3 Å². The van der Waals surface area contributed by atoms with E-state index in [9.17, 15) is 14.7 Å². The maximum Gasteiger partial charge on any atom is 0.339 e. The molecular weight excluding hydrogens is 508 g/mol. The third kappa shape index (κ3) is 4.03. The van der Waals surface area contributed by atoms with E-state index < -0.39 is 11.9 Å². The topological polar surface area (TPSA) is 66.4 Å². The van der Waals surface area contributed by atoms with Crippen LogP contribution in [0.5, 0.6) is 0 Å². The monoisotopic (exact) mass is 517 g/mol. The Labute approximate surface area is 176 Å². The molecule has 0 aliphatic heterocycles. The van der Waals surface area contributed by atoms with E-state index in [1.54, 1.807) is 47.8 Å². The van der Waals surface area contributed by atoms with Crippen molar-refractivity contribution in [1.29, 1.82) is 0 Å². The first kappa shape index (κ1) is 19.2. The lowest BCUT2D eigenvalue weighted by atomic mass is 10.0. The molecule has 0 atom stereocenters. The Morgan fingerprint density at radius 3 is 2.35 bits per heavy atom. The Morgan fingerprint density at radius 2 is 1.69 bits per heavy atom. The maximum atomic E-state index is 12.6. The zero-order chi connectivity index (χ0) is 18.8. The van der Waals surface area contributed by atoms with E-state index in [2.05, 4.69) is 5.32 Å². The van der Waals surface area contributed by atoms with Gasteiger partial charge >= 0.3 is 5.97 Å². The van der Waals surface area contributed by atoms with Gasteiger partial charge in [0.15, 0.2) is 0 Å². The van der Waals surface area contributed by atoms with Crippen LogP contribution in [-0.4, -0.2) is 17.0 Å². The van der Waals surface area contributed by atoms with Crippen LogP contribution >= 0.6 is 57.1 Å². The lowest BCUT2D eigenvalue weighted by Gasteiger charge is -2.08. The average Bonchev–Trinajstić information content (AvgIpc) is 3.01. The molecule has 1 amide bonds. The second-order valence-corrected chi connectivity index (χ2v) is 8.16. The molecule has 132 valence electrons. The first-order valence-electron chi connectivity index (χ1n) is 7.24. The van der Waals surface area contributed by atoms with Crippen LogP contribution in [-0.2, 0) is 0 Å². The number of rotatable bonds is 4. The molecule has 0 bridgehead atoms. The number of thiophene rings is 1. The normalized spacial score (nSPS) is 10.6. The highest BCUT2D eigenvalue weighted by molar-refractivity contribution is 14.1. The van der Waals surface area contributed by atoms with Crippen molar-refractivity contribution in [1.82, 2.24) is 0 Å². The number of aromatic carboxylic acids is 1. The van der Waals surface area contributed by atoms with Gasteiger partial charge in [0, 0.05) is 24.6 Å². The third-order valence-electron chi connectivity index (χ3n) is 3.56. The number of carboxylic acids is 1. The number of carbonyl (C=O) groups excluding carboxylic acids is 1. The second kappa shape index (κ2) is 7.96. The second-order valence-electron chi connectivity index (χ2n) is 5.24. The molecule has 0 aliphatic carbocycles. The quantitative estimate of drug-likeness (QED) is 0.400. The maximum absolute atomic E-state index is 12.6. The summed E-state index contributed by atoms with van der Waals surface area (Å²) in [5.41, 5.74) is 1.66. The predicted octanol–water partition coefficient (Wildman–Crippen LogP) is 6.28. The molecule has 0 fully saturated rings. The molecule has 0 saturated carbocycles. The van der Waals surface area contributed by atoms with Crippen LogP contribution in [0.3, 0.4) is 0 Å². The summed E-state index contributed by atoms with van der Waals surface area (Å²) in [7, 11) is 0. The van der Waals surface area contributed by atoms with Gasteiger partial charge < -0.3 is 10.4 Å². The van der Waals surface area contributed by atoms with E-state index in [-0.39, 0.29) is 10.6 Å². The molecular formula is C18H10Cl2INO3S. The van der Waals surface area contributed by atoms with Crippen LogP contribution in [0.1, 0.15) is 20.7 Å². The summed E-state index contributed by atoms with van der Waals surface area (Å²) in [6, 6.07) is 11.8. The summed E-state index contributed by atoms with van der Waals surface area (Å²) >= 11 is 15.0. The smallest absolute Gasteiger partial charge is 0.339 e. The summed E-state index contributed by atoms with van der Waals surface area (Å²) in [4.78, 5) is 24.4. The summed E-state index contributed by atoms with van der Waals surface area (Å²) in [6.07, 6.45) is 0. The van der Waals surface area contributed by atoms with Crippen molar-refractivity contribution in [2.24, 2.45) is 0 Å². The van der Waals surface area contributed by atoms with Crippen LogP contribution in [0.2, 0.25) is 10.0 Å². The number of halogens is 3. The van der Waals surface area contributed by atoms with E-state index in [0.717, 1.165) is 14.9 Å². The lowest BCUT2D eigenvalue weighted by Crippen LogP contribution is -2.14. The number of hydrogen-bond donors (Lipinski definition) is 2. The summed E-state index contributed by atoms with van der Waals surface area (Å²) in [6.45, 7) is 0. The Hall–Kier alpha value is -1.61. The lowest BCUT2D eigenvalue weighted by molar-refractivity contribution is 0.0699. The molecule has 0 saturated heterocycles. The van der Waals surface area contributed by atoms with Gasteiger partial charge in [-0.25, -0.2) is 4.79 Å². The first-order chi connectivity index (χ1) is 12.4. The van der Waals surface area contributed by atoms with Crippen molar-refractivity contribution >= 4 is 74.0 Å². The van der Waals surface area contributed by atoms with Crippen LogP contribution in [0.25, 0.3) is 11.1 Å². The van der Waals surface area contributed by atoms with E-state index in [0.29, 0.717) is 26.7 Å². The number of anilines is 1. The third-order valence-corrected chi connectivity index (χ3v) is 5.88. The molecule has 2 N–H and O–H groups in total. The molecule has 0 radical (unpaired) electrons. The summed E-state index contributed by atoms with van der Waals surface area (Å²) in [5.74, 6) is -1.53. The van der Waals surface area contributed by atoms with Gasteiger partial charge in [0.25, 0.3) is 5.91 Å². The number of amides is 1. The molecule has 1 heterocycles. The van der Waals surface area contributed by atoms with Crippen molar-refractivity contribution in [3.05, 3.63) is 72.6 Å². The zero-order valence-corrected chi connectivity index (χ0v) is 17.4. The van der Waals surface area contributed by atoms with Crippen molar-refractivity contribution in [2.45, 2.75) is 0 Å². The number of carbonyl (C=O) groups is 2. The van der Waals surface area contributed by atoms with Crippen molar-refractivity contribution in [3.63, 3.8) is 0 Å². The van der Waals surface area contributed by atoms with E-state index in [1.165, 1.54) is 0 Å². The van der Waals surface area contributed by atoms with Crippen LogP contribution < -0.4 is 5.32 Å². The minimum Gasteiger partial charge on any atom is -0.478 e. The highest BCUT2D eigenvalue weighted by atomic mass is 127. The zero-order valence-electron chi connectivity index (χ0n) is 12.9. The number of benzene rings is 2. The molecule has 8 heteroatoms. The molecule has 1 aromatic heterocycles. The summed E-state index contributed by atoms with van der Waals surface area (Å²) < 4.78 is 0.718. The minimum atomic E-state index is -1.12. The van der Waals surface area contributed by atoms with Crippen molar-refractivity contribution in [2.75, 3.05) is 5.32 Å². The van der Waals surface area contributed by atoms with Gasteiger partial charge in [0.1, 0.15) is 10.6 Å². The number of carboxylic acid groups (broad SMARTS) is 1. The predicted molar refractivity (Wildman–Crippen MR) is 114 cm³/mol. The van der Waals surface area contributed by atoms with Crippen LogP contribution in [0.15, 0.2) is 47.8 Å². The number of nitrogens with one attached hydrogen (secondary N) is 1. The Bertz CT molecular complexity index is 1000. The largest absolute Gasteiger partial charge is 0.478 e. The molecule has 3 rings (SSSR count). The van der Waals surface area contributed by atoms with E-state index in [1.807, 2.05) is 22.6 Å². The van der Waals surface area contributed by atoms with Crippen molar-refractivity contribution in [3.8, 4) is 11.1 Å². The van der Waals surface area contributed by atoms with Gasteiger partial charge in [-0.2, -0.15) is 0 Å². The molecule has 26 heavy (non-hydrogen) atoms. The fraction of sp³-hybridized carbons (Fsp3) is 0. The van der Waals surface area contributed by atoms with Crippen molar-refractivity contribution < 1.29 is 14.7 Å². The molecule has 2 aromatic carbocycles.